The Balaban J connectivity index is 1.96. The minimum Gasteiger partial charge on any atom is -0.315 e. The normalized spacial score (nSPS) is 16.8. The van der Waals surface area contributed by atoms with Crippen LogP contribution in [0.1, 0.15) is 11.1 Å². The quantitative estimate of drug-likeness (QED) is 0.897. The smallest absolute Gasteiger partial charge is 0.129 e. The molecule has 0 saturated carbocycles. The zero-order valence-electron chi connectivity index (χ0n) is 10.8. The average molecular weight is 338 g/mol. The molecular weight excluding hydrogens is 324 g/mol. The van der Waals surface area contributed by atoms with Gasteiger partial charge >= 0.3 is 0 Å². The molecule has 0 aromatic heterocycles. The number of nitrogens with one attached hydrogen (secondary N) is 1. The largest absolute Gasteiger partial charge is 0.315 e. The van der Waals surface area contributed by atoms with Crippen molar-refractivity contribution in [1.29, 1.82) is 0 Å². The van der Waals surface area contributed by atoms with E-state index in [1.54, 1.807) is 0 Å². The van der Waals surface area contributed by atoms with Crippen molar-refractivity contribution < 1.29 is 8.78 Å². The van der Waals surface area contributed by atoms with E-state index in [9.17, 15) is 8.78 Å². The lowest BCUT2D eigenvalue weighted by atomic mass is 9.71. The van der Waals surface area contributed by atoms with Gasteiger partial charge in [-0.3, -0.25) is 0 Å². The van der Waals surface area contributed by atoms with Gasteiger partial charge in [0.1, 0.15) is 11.6 Å². The maximum atomic E-state index is 13.9. The molecule has 1 N–H and O–H groups in total. The Morgan fingerprint density at radius 1 is 1.00 bits per heavy atom. The Labute approximate surface area is 125 Å². The molecule has 0 aliphatic carbocycles. The van der Waals surface area contributed by atoms with Crippen LogP contribution in [0.3, 0.4) is 0 Å². The third-order valence-corrected chi connectivity index (χ3v) is 4.49. The Bertz CT molecular complexity index is 601. The molecule has 0 unspecified atom stereocenters. The van der Waals surface area contributed by atoms with Crippen molar-refractivity contribution in [2.24, 2.45) is 0 Å². The van der Waals surface area contributed by atoms with E-state index in [1.807, 2.05) is 24.3 Å². The summed E-state index contributed by atoms with van der Waals surface area (Å²) in [6, 6.07) is 12.0. The molecule has 1 fully saturated rings. The minimum atomic E-state index is -0.464. The monoisotopic (exact) mass is 337 g/mol. The Hall–Kier alpha value is -1.26. The van der Waals surface area contributed by atoms with Crippen molar-refractivity contribution >= 4 is 15.9 Å². The summed E-state index contributed by atoms with van der Waals surface area (Å²) < 4.78 is 28.7. The highest BCUT2D eigenvalue weighted by molar-refractivity contribution is 9.10. The molecule has 4 heteroatoms. The van der Waals surface area contributed by atoms with E-state index in [0.717, 1.165) is 23.1 Å². The van der Waals surface area contributed by atoms with Crippen LogP contribution in [0.25, 0.3) is 0 Å². The van der Waals surface area contributed by atoms with Crippen LogP contribution in [0.5, 0.6) is 0 Å². The van der Waals surface area contributed by atoms with Gasteiger partial charge in [-0.05, 0) is 36.2 Å². The van der Waals surface area contributed by atoms with Crippen LogP contribution in [0.15, 0.2) is 46.9 Å². The van der Waals surface area contributed by atoms with Gasteiger partial charge in [-0.15, -0.1) is 0 Å². The topological polar surface area (TPSA) is 12.0 Å². The second-order valence-corrected chi connectivity index (χ2v) is 6.18. The van der Waals surface area contributed by atoms with Crippen LogP contribution in [0.4, 0.5) is 8.78 Å². The molecule has 0 spiro atoms. The summed E-state index contributed by atoms with van der Waals surface area (Å²) in [6.45, 7) is 1.48. The molecule has 20 heavy (non-hydrogen) atoms. The lowest BCUT2D eigenvalue weighted by molar-refractivity contribution is 0.269. The first kappa shape index (κ1) is 13.7. The van der Waals surface area contributed by atoms with Crippen molar-refractivity contribution in [3.8, 4) is 0 Å². The molecule has 1 saturated heterocycles. The van der Waals surface area contributed by atoms with Gasteiger partial charge in [0.25, 0.3) is 0 Å². The molecule has 0 radical (unpaired) electrons. The first-order chi connectivity index (χ1) is 9.61. The van der Waals surface area contributed by atoms with E-state index in [-0.39, 0.29) is 11.0 Å². The van der Waals surface area contributed by atoms with Crippen LogP contribution < -0.4 is 5.32 Å². The highest BCUT2D eigenvalue weighted by atomic mass is 79.9. The minimum absolute atomic E-state index is 0.178. The Morgan fingerprint density at radius 3 is 2.10 bits per heavy atom. The van der Waals surface area contributed by atoms with E-state index in [4.69, 9.17) is 0 Å². The highest BCUT2D eigenvalue weighted by Gasteiger charge is 2.39. The molecule has 0 bridgehead atoms. The van der Waals surface area contributed by atoms with Crippen LogP contribution in [-0.2, 0) is 11.8 Å². The fourth-order valence-corrected chi connectivity index (χ4v) is 2.97. The van der Waals surface area contributed by atoms with E-state index in [2.05, 4.69) is 21.2 Å². The van der Waals surface area contributed by atoms with E-state index < -0.39 is 11.6 Å². The van der Waals surface area contributed by atoms with Gasteiger partial charge in [0, 0.05) is 28.5 Å². The standard InChI is InChI=1S/C16H14BrF2N/c17-12-6-4-11(5-7-12)16(9-20-10-16)8-13-14(18)2-1-3-15(13)19/h1-7,20H,8-10H2. The van der Waals surface area contributed by atoms with Crippen LogP contribution >= 0.6 is 15.9 Å². The summed E-state index contributed by atoms with van der Waals surface area (Å²) in [5.41, 5.74) is 1.07. The summed E-state index contributed by atoms with van der Waals surface area (Å²) in [6.07, 6.45) is 0.375. The summed E-state index contributed by atoms with van der Waals surface area (Å²) in [7, 11) is 0. The van der Waals surface area contributed by atoms with Crippen molar-refractivity contribution in [2.45, 2.75) is 11.8 Å². The number of benzene rings is 2. The molecular formula is C16H14BrF2N. The molecule has 1 aliphatic rings. The van der Waals surface area contributed by atoms with Gasteiger partial charge in [-0.2, -0.15) is 0 Å². The predicted molar refractivity (Wildman–Crippen MR) is 78.8 cm³/mol. The van der Waals surface area contributed by atoms with Gasteiger partial charge in [-0.25, -0.2) is 8.78 Å². The molecule has 2 aromatic carbocycles. The predicted octanol–water partition coefficient (Wildman–Crippen LogP) is 3.81. The van der Waals surface area contributed by atoms with Crippen LogP contribution in [-0.4, -0.2) is 13.1 Å². The molecule has 1 aliphatic heterocycles. The molecule has 0 amide bonds. The summed E-state index contributed by atoms with van der Waals surface area (Å²) in [4.78, 5) is 0. The Morgan fingerprint density at radius 2 is 1.60 bits per heavy atom. The van der Waals surface area contributed by atoms with Gasteiger partial charge in [0.15, 0.2) is 0 Å². The third-order valence-electron chi connectivity index (χ3n) is 3.96. The molecule has 0 atom stereocenters. The van der Waals surface area contributed by atoms with Crippen LogP contribution in [0.2, 0.25) is 0 Å². The van der Waals surface area contributed by atoms with Gasteiger partial charge in [-0.1, -0.05) is 34.1 Å². The van der Waals surface area contributed by atoms with Gasteiger partial charge < -0.3 is 5.32 Å². The molecule has 104 valence electrons. The van der Waals surface area contributed by atoms with Crippen molar-refractivity contribution in [3.05, 3.63) is 69.7 Å². The van der Waals surface area contributed by atoms with Gasteiger partial charge in [0.2, 0.25) is 0 Å². The number of hydrogen-bond acceptors (Lipinski definition) is 1. The van der Waals surface area contributed by atoms with Crippen molar-refractivity contribution in [3.63, 3.8) is 0 Å². The number of halogens is 3. The summed E-state index contributed by atoms with van der Waals surface area (Å²) in [5.74, 6) is -0.929. The average Bonchev–Trinajstić information content (AvgIpc) is 2.38. The second-order valence-electron chi connectivity index (χ2n) is 5.27. The van der Waals surface area contributed by atoms with Crippen LogP contribution in [0, 0.1) is 11.6 Å². The summed E-state index contributed by atoms with van der Waals surface area (Å²) in [5, 5.41) is 3.22. The molecule has 1 nitrogen and oxygen atoms in total. The maximum absolute atomic E-state index is 13.9. The number of rotatable bonds is 3. The third kappa shape index (κ3) is 2.38. The summed E-state index contributed by atoms with van der Waals surface area (Å²) >= 11 is 3.41. The van der Waals surface area contributed by atoms with E-state index in [0.29, 0.717) is 6.42 Å². The zero-order valence-corrected chi connectivity index (χ0v) is 12.4. The number of hydrogen-bond donors (Lipinski definition) is 1. The lowest BCUT2D eigenvalue weighted by Crippen LogP contribution is -2.58. The molecule has 2 aromatic rings. The fourth-order valence-electron chi connectivity index (χ4n) is 2.70. The Kier molecular flexibility index (Phi) is 3.61. The second kappa shape index (κ2) is 5.26. The maximum Gasteiger partial charge on any atom is 0.129 e. The van der Waals surface area contributed by atoms with Crippen molar-refractivity contribution in [2.75, 3.05) is 13.1 Å². The first-order valence-corrected chi connectivity index (χ1v) is 7.30. The molecule has 3 rings (SSSR count). The highest BCUT2D eigenvalue weighted by Crippen LogP contribution is 2.34. The SMILES string of the molecule is Fc1cccc(F)c1CC1(c2ccc(Br)cc2)CNC1. The van der Waals surface area contributed by atoms with Crippen molar-refractivity contribution in [1.82, 2.24) is 5.32 Å². The van der Waals surface area contributed by atoms with E-state index in [1.165, 1.54) is 18.2 Å². The van der Waals surface area contributed by atoms with Gasteiger partial charge in [0.05, 0.1) is 0 Å². The zero-order chi connectivity index (χ0) is 14.2. The van der Waals surface area contributed by atoms with E-state index >= 15 is 0 Å². The fraction of sp³-hybridized carbons (Fsp3) is 0.250. The molecule has 1 heterocycles. The first-order valence-electron chi connectivity index (χ1n) is 6.50. The lowest BCUT2D eigenvalue weighted by Gasteiger charge is -2.43.